The summed E-state index contributed by atoms with van der Waals surface area (Å²) in [4.78, 5) is 36.6. The Hall–Kier alpha value is -3.53. The standard InChI is InChI=1S/C19H15FN4O4S/c20-14-4-2-1-3-12(14)10-22-23-19(21)29-15-9-16(25)24(17(15)26)13-7-5-11(6-8-13)18(27)28/h1-8,10,15H,9H2,(H2,21,23)(H,27,28)/p-1/b22-10-/t15-/m0/s1. The maximum atomic E-state index is 13.5. The molecule has 1 aliphatic heterocycles. The van der Waals surface area contributed by atoms with E-state index in [1.54, 1.807) is 12.1 Å². The zero-order chi connectivity index (χ0) is 21.0. The predicted molar refractivity (Wildman–Crippen MR) is 105 cm³/mol. The second-order valence-electron chi connectivity index (χ2n) is 5.92. The number of carboxylic acid groups (broad SMARTS) is 1. The zero-order valence-corrected chi connectivity index (χ0v) is 15.6. The van der Waals surface area contributed by atoms with Crippen LogP contribution in [0.1, 0.15) is 22.3 Å². The van der Waals surface area contributed by atoms with Crippen LogP contribution in [0.5, 0.6) is 0 Å². The molecule has 1 fully saturated rings. The van der Waals surface area contributed by atoms with Gasteiger partial charge in [0.15, 0.2) is 5.17 Å². The van der Waals surface area contributed by atoms with E-state index in [1.165, 1.54) is 42.6 Å². The third kappa shape index (κ3) is 4.66. The van der Waals surface area contributed by atoms with Crippen molar-refractivity contribution in [1.82, 2.24) is 0 Å². The minimum Gasteiger partial charge on any atom is -0.545 e. The van der Waals surface area contributed by atoms with Crippen molar-refractivity contribution < 1.29 is 23.9 Å². The van der Waals surface area contributed by atoms with Crippen molar-refractivity contribution in [3.63, 3.8) is 0 Å². The van der Waals surface area contributed by atoms with Crippen molar-refractivity contribution in [2.75, 3.05) is 4.90 Å². The molecule has 1 atom stereocenters. The molecule has 1 saturated heterocycles. The molecule has 0 spiro atoms. The molecule has 0 aliphatic carbocycles. The van der Waals surface area contributed by atoms with Crippen LogP contribution in [0.2, 0.25) is 0 Å². The van der Waals surface area contributed by atoms with E-state index in [-0.39, 0.29) is 28.4 Å². The number of aromatic carboxylic acids is 1. The smallest absolute Gasteiger partial charge is 0.247 e. The number of halogens is 1. The number of thioether (sulfide) groups is 1. The molecule has 8 nitrogen and oxygen atoms in total. The van der Waals surface area contributed by atoms with Gasteiger partial charge in [-0.05, 0) is 23.8 Å². The number of amides is 2. The Bertz CT molecular complexity index is 1020. The van der Waals surface area contributed by atoms with Crippen LogP contribution in [0.4, 0.5) is 10.1 Å². The van der Waals surface area contributed by atoms with Crippen molar-refractivity contribution in [3.8, 4) is 0 Å². The molecule has 0 aromatic heterocycles. The van der Waals surface area contributed by atoms with Crippen molar-refractivity contribution >= 4 is 46.6 Å². The molecule has 2 aromatic carbocycles. The lowest BCUT2D eigenvalue weighted by molar-refractivity contribution is -0.255. The number of carboxylic acids is 1. The Morgan fingerprint density at radius 2 is 1.90 bits per heavy atom. The Balaban J connectivity index is 1.67. The van der Waals surface area contributed by atoms with Crippen LogP contribution in [0.25, 0.3) is 0 Å². The number of nitrogens with two attached hydrogens (primary N) is 1. The summed E-state index contributed by atoms with van der Waals surface area (Å²) >= 11 is 0.869. The van der Waals surface area contributed by atoms with E-state index < -0.39 is 28.9 Å². The number of carbonyl (C=O) groups excluding carboxylic acids is 3. The summed E-state index contributed by atoms with van der Waals surface area (Å²) in [5, 5.41) is 17.4. The highest BCUT2D eigenvalue weighted by Crippen LogP contribution is 2.29. The molecule has 10 heteroatoms. The summed E-state index contributed by atoms with van der Waals surface area (Å²) in [6.07, 6.45) is 1.09. The van der Waals surface area contributed by atoms with Gasteiger partial charge in [-0.25, -0.2) is 9.29 Å². The quantitative estimate of drug-likeness (QED) is 0.336. The van der Waals surface area contributed by atoms with Gasteiger partial charge in [-0.1, -0.05) is 42.1 Å². The molecule has 0 bridgehead atoms. The highest BCUT2D eigenvalue weighted by Gasteiger charge is 2.40. The van der Waals surface area contributed by atoms with Gasteiger partial charge in [-0.3, -0.25) is 9.59 Å². The molecule has 148 valence electrons. The number of hydrogen-bond donors (Lipinski definition) is 1. The zero-order valence-electron chi connectivity index (χ0n) is 14.8. The Morgan fingerprint density at radius 3 is 2.55 bits per heavy atom. The molecule has 0 saturated carbocycles. The predicted octanol–water partition coefficient (Wildman–Crippen LogP) is 0.903. The van der Waals surface area contributed by atoms with Gasteiger partial charge >= 0.3 is 0 Å². The van der Waals surface area contributed by atoms with Gasteiger partial charge in [0.05, 0.1) is 17.9 Å². The van der Waals surface area contributed by atoms with Crippen LogP contribution >= 0.6 is 11.8 Å². The Labute approximate surface area is 168 Å². The highest BCUT2D eigenvalue weighted by molar-refractivity contribution is 8.14. The second-order valence-corrected chi connectivity index (χ2v) is 7.14. The van der Waals surface area contributed by atoms with Gasteiger partial charge in [0.25, 0.3) is 0 Å². The summed E-state index contributed by atoms with van der Waals surface area (Å²) in [5.74, 6) is -2.77. The first-order chi connectivity index (χ1) is 13.9. The average Bonchev–Trinajstić information content (AvgIpc) is 2.96. The van der Waals surface area contributed by atoms with E-state index in [0.717, 1.165) is 16.7 Å². The minimum absolute atomic E-state index is 0.0575. The maximum Gasteiger partial charge on any atom is 0.247 e. The SMILES string of the molecule is NC(=N/N=C\c1ccccc1F)S[C@H]1CC(=O)N(c2ccc(C(=O)[O-])cc2)C1=O. The molecule has 0 radical (unpaired) electrons. The van der Waals surface area contributed by atoms with Gasteiger partial charge in [-0.2, -0.15) is 5.10 Å². The number of imide groups is 1. The summed E-state index contributed by atoms with van der Waals surface area (Å²) in [6.45, 7) is 0. The third-order valence-corrected chi connectivity index (χ3v) is 4.96. The topological polar surface area (TPSA) is 128 Å². The van der Waals surface area contributed by atoms with Crippen LogP contribution in [0.3, 0.4) is 0 Å². The van der Waals surface area contributed by atoms with Crippen molar-refractivity contribution in [3.05, 3.63) is 65.5 Å². The van der Waals surface area contributed by atoms with Crippen LogP contribution in [-0.4, -0.2) is 34.4 Å². The third-order valence-electron chi connectivity index (χ3n) is 3.99. The second kappa shape index (κ2) is 8.65. The van der Waals surface area contributed by atoms with E-state index in [9.17, 15) is 23.9 Å². The van der Waals surface area contributed by atoms with Gasteiger partial charge in [0.1, 0.15) is 11.1 Å². The molecule has 29 heavy (non-hydrogen) atoms. The molecule has 0 unspecified atom stereocenters. The van der Waals surface area contributed by atoms with E-state index in [4.69, 9.17) is 5.73 Å². The first-order valence-electron chi connectivity index (χ1n) is 8.32. The lowest BCUT2D eigenvalue weighted by Gasteiger charge is -2.15. The number of anilines is 1. The van der Waals surface area contributed by atoms with Crippen LogP contribution in [0.15, 0.2) is 58.7 Å². The molecule has 2 amide bonds. The fraction of sp³-hybridized carbons (Fsp3) is 0.105. The fourth-order valence-corrected chi connectivity index (χ4v) is 3.43. The number of benzene rings is 2. The average molecular weight is 413 g/mol. The summed E-state index contributed by atoms with van der Waals surface area (Å²) in [6, 6.07) is 11.2. The summed E-state index contributed by atoms with van der Waals surface area (Å²) in [5.41, 5.74) is 6.17. The summed E-state index contributed by atoms with van der Waals surface area (Å²) < 4.78 is 13.5. The van der Waals surface area contributed by atoms with Gasteiger partial charge in [-0.15, -0.1) is 5.10 Å². The van der Waals surface area contributed by atoms with Crippen molar-refractivity contribution in [2.24, 2.45) is 15.9 Å². The maximum absolute atomic E-state index is 13.5. The highest BCUT2D eigenvalue weighted by atomic mass is 32.2. The van der Waals surface area contributed by atoms with E-state index in [0.29, 0.717) is 0 Å². The van der Waals surface area contributed by atoms with Crippen LogP contribution < -0.4 is 15.7 Å². The molecular formula is C19H14FN4O4S-. The number of carbonyl (C=O) groups is 3. The Kier molecular flexibility index (Phi) is 6.03. The molecule has 1 aliphatic rings. The largest absolute Gasteiger partial charge is 0.545 e. The molecular weight excluding hydrogens is 399 g/mol. The number of nitrogens with zero attached hydrogens (tertiary/aromatic N) is 3. The number of rotatable bonds is 5. The van der Waals surface area contributed by atoms with Gasteiger partial charge in [0.2, 0.25) is 11.8 Å². The Morgan fingerprint density at radius 1 is 1.21 bits per heavy atom. The molecule has 2 N–H and O–H groups in total. The first-order valence-corrected chi connectivity index (χ1v) is 9.20. The number of hydrogen-bond acceptors (Lipinski definition) is 7. The van der Waals surface area contributed by atoms with Crippen LogP contribution in [-0.2, 0) is 9.59 Å². The monoisotopic (exact) mass is 413 g/mol. The lowest BCUT2D eigenvalue weighted by Crippen LogP contribution is -2.32. The van der Waals surface area contributed by atoms with E-state index >= 15 is 0 Å². The lowest BCUT2D eigenvalue weighted by atomic mass is 10.2. The summed E-state index contributed by atoms with van der Waals surface area (Å²) in [7, 11) is 0. The van der Waals surface area contributed by atoms with E-state index in [1.807, 2.05) is 0 Å². The van der Waals surface area contributed by atoms with Gasteiger partial charge < -0.3 is 15.6 Å². The minimum atomic E-state index is -1.36. The number of amidine groups is 1. The first kappa shape index (κ1) is 20.2. The van der Waals surface area contributed by atoms with Crippen molar-refractivity contribution in [2.45, 2.75) is 11.7 Å². The molecule has 1 heterocycles. The van der Waals surface area contributed by atoms with E-state index in [2.05, 4.69) is 10.2 Å². The normalized spacial score (nSPS) is 17.3. The van der Waals surface area contributed by atoms with Crippen LogP contribution in [0, 0.1) is 5.82 Å². The molecule has 2 aromatic rings. The molecule has 3 rings (SSSR count). The fourth-order valence-electron chi connectivity index (χ4n) is 2.61. The van der Waals surface area contributed by atoms with Crippen molar-refractivity contribution in [1.29, 1.82) is 0 Å². The van der Waals surface area contributed by atoms with Gasteiger partial charge in [0, 0.05) is 12.0 Å².